The molecule has 2 rings (SSSR count). The molecule has 1 aromatic carbocycles. The predicted octanol–water partition coefficient (Wildman–Crippen LogP) is 3.37. The number of ether oxygens (including phenoxy) is 1. The predicted molar refractivity (Wildman–Crippen MR) is 62.9 cm³/mol. The van der Waals surface area contributed by atoms with E-state index in [-0.39, 0.29) is 11.8 Å². The molecule has 0 aliphatic heterocycles. The van der Waals surface area contributed by atoms with Gasteiger partial charge in [-0.15, -0.1) is 0 Å². The summed E-state index contributed by atoms with van der Waals surface area (Å²) in [4.78, 5) is 0. The zero-order chi connectivity index (χ0) is 11.5. The molecule has 3 heteroatoms. The first kappa shape index (κ1) is 11.2. The lowest BCUT2D eigenvalue weighted by atomic mass is 9.88. The number of anilines is 1. The van der Waals surface area contributed by atoms with E-state index in [0.717, 1.165) is 6.42 Å². The Morgan fingerprint density at radius 2 is 2.06 bits per heavy atom. The minimum absolute atomic E-state index is 0.125. The highest BCUT2D eigenvalue weighted by Crippen LogP contribution is 2.31. The maximum atomic E-state index is 13.2. The van der Waals surface area contributed by atoms with Gasteiger partial charge in [0.05, 0.1) is 0 Å². The molecule has 1 aromatic rings. The maximum Gasteiger partial charge on any atom is 0.149 e. The molecule has 1 aliphatic carbocycles. The van der Waals surface area contributed by atoms with Gasteiger partial charge in [-0.3, -0.25) is 0 Å². The molecule has 0 aromatic heterocycles. The highest BCUT2D eigenvalue weighted by atomic mass is 19.1. The van der Waals surface area contributed by atoms with Crippen molar-refractivity contribution in [3.8, 4) is 5.75 Å². The summed E-state index contributed by atoms with van der Waals surface area (Å²) in [7, 11) is 0. The van der Waals surface area contributed by atoms with Gasteiger partial charge in [0.1, 0.15) is 23.4 Å². The Balaban J connectivity index is 2.10. The molecule has 1 saturated carbocycles. The Labute approximate surface area is 95.6 Å². The number of nitrogens with two attached hydrogens (primary N) is 1. The fraction of sp³-hybridized carbons (Fsp3) is 0.538. The highest BCUT2D eigenvalue weighted by Gasteiger charge is 2.23. The summed E-state index contributed by atoms with van der Waals surface area (Å²) >= 11 is 0. The second kappa shape index (κ2) is 4.73. The molecule has 0 saturated heterocycles. The van der Waals surface area contributed by atoms with Gasteiger partial charge in [0.15, 0.2) is 0 Å². The first-order chi connectivity index (χ1) is 7.68. The Hall–Kier alpha value is -1.25. The summed E-state index contributed by atoms with van der Waals surface area (Å²) in [6.45, 7) is 2.18. The van der Waals surface area contributed by atoms with Crippen LogP contribution in [0.15, 0.2) is 18.2 Å². The second-order valence-electron chi connectivity index (χ2n) is 4.57. The summed E-state index contributed by atoms with van der Waals surface area (Å²) in [5, 5.41) is 0. The summed E-state index contributed by atoms with van der Waals surface area (Å²) in [6.07, 6.45) is 4.85. The van der Waals surface area contributed by atoms with Gasteiger partial charge in [0.2, 0.25) is 0 Å². The van der Waals surface area contributed by atoms with Gasteiger partial charge in [0.25, 0.3) is 0 Å². The van der Waals surface area contributed by atoms with Crippen LogP contribution in [-0.4, -0.2) is 6.10 Å². The average molecular weight is 223 g/mol. The topological polar surface area (TPSA) is 35.2 Å². The Morgan fingerprint density at radius 3 is 2.81 bits per heavy atom. The smallest absolute Gasteiger partial charge is 0.149 e. The molecule has 1 fully saturated rings. The van der Waals surface area contributed by atoms with Crippen LogP contribution < -0.4 is 10.5 Å². The first-order valence-corrected chi connectivity index (χ1v) is 5.89. The molecule has 0 amide bonds. The SMILES string of the molecule is CC1CCCCC1Oc1cccc(F)c1N. The number of benzene rings is 1. The third-order valence-corrected chi connectivity index (χ3v) is 3.32. The molecule has 2 N–H and O–H groups in total. The minimum Gasteiger partial charge on any atom is -0.488 e. The Bertz CT molecular complexity index is 367. The molecule has 2 nitrogen and oxygen atoms in total. The van der Waals surface area contributed by atoms with E-state index in [4.69, 9.17) is 10.5 Å². The summed E-state index contributed by atoms with van der Waals surface area (Å²) in [5.74, 6) is 0.608. The Kier molecular flexibility index (Phi) is 3.32. The van der Waals surface area contributed by atoms with Crippen LogP contribution in [0.25, 0.3) is 0 Å². The van der Waals surface area contributed by atoms with Crippen molar-refractivity contribution in [2.24, 2.45) is 5.92 Å². The van der Waals surface area contributed by atoms with E-state index >= 15 is 0 Å². The quantitative estimate of drug-likeness (QED) is 0.780. The average Bonchev–Trinajstić information content (AvgIpc) is 2.28. The van der Waals surface area contributed by atoms with E-state index in [9.17, 15) is 4.39 Å². The molecule has 88 valence electrons. The van der Waals surface area contributed by atoms with Gasteiger partial charge in [-0.05, 0) is 37.3 Å². The lowest BCUT2D eigenvalue weighted by Gasteiger charge is -2.29. The highest BCUT2D eigenvalue weighted by molar-refractivity contribution is 5.53. The largest absolute Gasteiger partial charge is 0.488 e. The number of rotatable bonds is 2. The fourth-order valence-corrected chi connectivity index (χ4v) is 2.24. The van der Waals surface area contributed by atoms with Crippen molar-refractivity contribution in [2.45, 2.75) is 38.7 Å². The minimum atomic E-state index is -0.402. The van der Waals surface area contributed by atoms with E-state index in [2.05, 4.69) is 6.92 Å². The summed E-state index contributed by atoms with van der Waals surface area (Å²) < 4.78 is 19.0. The van der Waals surface area contributed by atoms with E-state index in [1.165, 1.54) is 25.3 Å². The number of hydrogen-bond acceptors (Lipinski definition) is 2. The van der Waals surface area contributed by atoms with Crippen LogP contribution in [0.4, 0.5) is 10.1 Å². The first-order valence-electron chi connectivity index (χ1n) is 5.89. The second-order valence-corrected chi connectivity index (χ2v) is 4.57. The molecular formula is C13H18FNO. The molecular weight excluding hydrogens is 205 g/mol. The van der Waals surface area contributed by atoms with Gasteiger partial charge in [-0.25, -0.2) is 4.39 Å². The van der Waals surface area contributed by atoms with Crippen LogP contribution in [0.1, 0.15) is 32.6 Å². The van der Waals surface area contributed by atoms with E-state index in [0.29, 0.717) is 11.7 Å². The van der Waals surface area contributed by atoms with Crippen LogP contribution >= 0.6 is 0 Å². The molecule has 16 heavy (non-hydrogen) atoms. The maximum absolute atomic E-state index is 13.2. The lowest BCUT2D eigenvalue weighted by Crippen LogP contribution is -2.28. The van der Waals surface area contributed by atoms with Crippen molar-refractivity contribution in [3.63, 3.8) is 0 Å². The van der Waals surface area contributed by atoms with Crippen molar-refractivity contribution in [3.05, 3.63) is 24.0 Å². The number of nitrogen functional groups attached to an aromatic ring is 1. The summed E-state index contributed by atoms with van der Waals surface area (Å²) in [6, 6.07) is 4.72. The standard InChI is InChI=1S/C13H18FNO/c1-9-5-2-3-7-11(9)16-12-8-4-6-10(14)13(12)15/h4,6,8-9,11H,2-3,5,7,15H2,1H3. The van der Waals surface area contributed by atoms with Crippen LogP contribution in [0, 0.1) is 11.7 Å². The molecule has 1 aliphatic rings. The van der Waals surface area contributed by atoms with Crippen molar-refractivity contribution < 1.29 is 9.13 Å². The van der Waals surface area contributed by atoms with Crippen LogP contribution in [0.5, 0.6) is 5.75 Å². The van der Waals surface area contributed by atoms with E-state index in [1.807, 2.05) is 0 Å². The Morgan fingerprint density at radius 1 is 1.31 bits per heavy atom. The fourth-order valence-electron chi connectivity index (χ4n) is 2.24. The number of hydrogen-bond donors (Lipinski definition) is 1. The molecule has 2 unspecified atom stereocenters. The lowest BCUT2D eigenvalue weighted by molar-refractivity contribution is 0.103. The molecule has 0 radical (unpaired) electrons. The normalized spacial score (nSPS) is 25.4. The van der Waals surface area contributed by atoms with Gasteiger partial charge in [-0.1, -0.05) is 19.4 Å². The van der Waals surface area contributed by atoms with Gasteiger partial charge < -0.3 is 10.5 Å². The van der Waals surface area contributed by atoms with Gasteiger partial charge in [0, 0.05) is 0 Å². The van der Waals surface area contributed by atoms with Gasteiger partial charge >= 0.3 is 0 Å². The monoisotopic (exact) mass is 223 g/mol. The number of para-hydroxylation sites is 1. The van der Waals surface area contributed by atoms with Crippen molar-refractivity contribution >= 4 is 5.69 Å². The molecule has 0 spiro atoms. The van der Waals surface area contributed by atoms with Gasteiger partial charge in [-0.2, -0.15) is 0 Å². The zero-order valence-electron chi connectivity index (χ0n) is 9.58. The molecule has 0 bridgehead atoms. The van der Waals surface area contributed by atoms with E-state index in [1.54, 1.807) is 12.1 Å². The molecule has 2 atom stereocenters. The van der Waals surface area contributed by atoms with Crippen molar-refractivity contribution in [1.29, 1.82) is 0 Å². The van der Waals surface area contributed by atoms with Crippen LogP contribution in [0.2, 0.25) is 0 Å². The van der Waals surface area contributed by atoms with Crippen molar-refractivity contribution in [2.75, 3.05) is 5.73 Å². The van der Waals surface area contributed by atoms with E-state index < -0.39 is 5.82 Å². The summed E-state index contributed by atoms with van der Waals surface area (Å²) in [5.41, 5.74) is 5.77. The van der Waals surface area contributed by atoms with Crippen molar-refractivity contribution in [1.82, 2.24) is 0 Å². The number of halogens is 1. The zero-order valence-corrected chi connectivity index (χ0v) is 9.58. The van der Waals surface area contributed by atoms with Crippen LogP contribution in [-0.2, 0) is 0 Å². The van der Waals surface area contributed by atoms with Crippen LogP contribution in [0.3, 0.4) is 0 Å². The third kappa shape index (κ3) is 2.29. The third-order valence-electron chi connectivity index (χ3n) is 3.32. The molecule has 0 heterocycles.